The first-order chi connectivity index (χ1) is 16.9. The van der Waals surface area contributed by atoms with E-state index in [2.05, 4.69) is 48.0 Å². The molecule has 1 aromatic heterocycles. The van der Waals surface area contributed by atoms with Crippen molar-refractivity contribution in [2.24, 2.45) is 0 Å². The van der Waals surface area contributed by atoms with Crippen LogP contribution in [0, 0.1) is 13.8 Å². The van der Waals surface area contributed by atoms with Crippen LogP contribution in [0.3, 0.4) is 0 Å². The fourth-order valence-corrected chi connectivity index (χ4v) is 4.48. The van der Waals surface area contributed by atoms with Gasteiger partial charge in [0.25, 0.3) is 5.91 Å². The van der Waals surface area contributed by atoms with Crippen LogP contribution in [0.2, 0.25) is 0 Å². The number of hydrogen-bond acceptors (Lipinski definition) is 3. The number of imidazole rings is 1. The van der Waals surface area contributed by atoms with Crippen LogP contribution in [0.1, 0.15) is 65.5 Å². The van der Waals surface area contributed by atoms with Crippen LogP contribution in [0.4, 0.5) is 0 Å². The Morgan fingerprint density at radius 3 is 2.57 bits per heavy atom. The summed E-state index contributed by atoms with van der Waals surface area (Å²) in [5.74, 6) is 2.21. The normalized spacial score (nSPS) is 11.2. The van der Waals surface area contributed by atoms with Gasteiger partial charge in [0.15, 0.2) is 0 Å². The van der Waals surface area contributed by atoms with Crippen molar-refractivity contribution in [3.8, 4) is 5.75 Å². The van der Waals surface area contributed by atoms with Crippen LogP contribution < -0.4 is 10.1 Å². The number of nitrogens with zero attached hydrogens (tertiary/aromatic N) is 2. The Hall–Kier alpha value is -3.60. The summed E-state index contributed by atoms with van der Waals surface area (Å²) in [7, 11) is 0. The van der Waals surface area contributed by atoms with Gasteiger partial charge in [0.2, 0.25) is 0 Å². The average Bonchev–Trinajstić information content (AvgIpc) is 3.20. The molecule has 0 saturated heterocycles. The number of benzene rings is 3. The standard InChI is InChI=1S/C30H35N3O2/c1-21(2)24-11-5-8-14-28(24)35-18-10-9-17-33-27-13-7-6-12-26(27)32-29(33)20-31-30(34)25-16-15-22(3)19-23(25)4/h5-8,11-16,19,21H,9-10,17-18,20H2,1-4H3,(H,31,34). The van der Waals surface area contributed by atoms with Gasteiger partial charge >= 0.3 is 0 Å². The Labute approximate surface area is 208 Å². The van der Waals surface area contributed by atoms with Crippen molar-refractivity contribution in [2.75, 3.05) is 6.61 Å². The molecule has 182 valence electrons. The molecule has 0 aliphatic rings. The predicted molar refractivity (Wildman–Crippen MR) is 142 cm³/mol. The second-order valence-electron chi connectivity index (χ2n) is 9.42. The van der Waals surface area contributed by atoms with Crippen LogP contribution in [0.25, 0.3) is 11.0 Å². The first-order valence-electron chi connectivity index (χ1n) is 12.5. The van der Waals surface area contributed by atoms with Crippen molar-refractivity contribution in [3.63, 3.8) is 0 Å². The first kappa shape index (κ1) is 24.5. The molecule has 1 heterocycles. The van der Waals surface area contributed by atoms with Gasteiger partial charge in [-0.15, -0.1) is 0 Å². The number of hydrogen-bond donors (Lipinski definition) is 1. The molecule has 0 fully saturated rings. The van der Waals surface area contributed by atoms with E-state index < -0.39 is 0 Å². The zero-order valence-corrected chi connectivity index (χ0v) is 21.2. The van der Waals surface area contributed by atoms with Gasteiger partial charge in [0.05, 0.1) is 24.2 Å². The van der Waals surface area contributed by atoms with Crippen LogP contribution in [0.15, 0.2) is 66.7 Å². The lowest BCUT2D eigenvalue weighted by atomic mass is 10.0. The Kier molecular flexibility index (Phi) is 7.86. The van der Waals surface area contributed by atoms with Crippen molar-refractivity contribution in [3.05, 3.63) is 94.8 Å². The first-order valence-corrected chi connectivity index (χ1v) is 12.5. The number of nitrogens with one attached hydrogen (secondary N) is 1. The molecule has 5 nitrogen and oxygen atoms in total. The molecule has 0 saturated carbocycles. The Balaban J connectivity index is 1.39. The van der Waals surface area contributed by atoms with Crippen molar-refractivity contribution >= 4 is 16.9 Å². The fraction of sp³-hybridized carbons (Fsp3) is 0.333. The highest BCUT2D eigenvalue weighted by molar-refractivity contribution is 5.95. The largest absolute Gasteiger partial charge is 0.493 e. The molecule has 35 heavy (non-hydrogen) atoms. The highest BCUT2D eigenvalue weighted by atomic mass is 16.5. The summed E-state index contributed by atoms with van der Waals surface area (Å²) >= 11 is 0. The molecule has 0 unspecified atom stereocenters. The highest BCUT2D eigenvalue weighted by Gasteiger charge is 2.14. The number of fused-ring (bicyclic) bond motifs is 1. The summed E-state index contributed by atoms with van der Waals surface area (Å²) in [5.41, 5.74) is 6.12. The number of carbonyl (C=O) groups excluding carboxylic acids is 1. The third-order valence-corrected chi connectivity index (χ3v) is 6.34. The van der Waals surface area contributed by atoms with Crippen LogP contribution in [-0.2, 0) is 13.1 Å². The molecule has 1 amide bonds. The van der Waals surface area contributed by atoms with Gasteiger partial charge in [-0.3, -0.25) is 4.79 Å². The quantitative estimate of drug-likeness (QED) is 0.267. The van der Waals surface area contributed by atoms with Crippen molar-refractivity contribution in [1.29, 1.82) is 0 Å². The van der Waals surface area contributed by atoms with Gasteiger partial charge in [-0.1, -0.05) is 61.9 Å². The van der Waals surface area contributed by atoms with Crippen LogP contribution in [0.5, 0.6) is 5.75 Å². The summed E-state index contributed by atoms with van der Waals surface area (Å²) in [6.45, 7) is 10.3. The summed E-state index contributed by atoms with van der Waals surface area (Å²) in [5, 5.41) is 3.07. The van der Waals surface area contributed by atoms with Gasteiger partial charge in [-0.2, -0.15) is 0 Å². The van der Waals surface area contributed by atoms with Gasteiger partial charge in [0.1, 0.15) is 11.6 Å². The minimum atomic E-state index is -0.0710. The number of unbranched alkanes of at least 4 members (excludes halogenated alkanes) is 1. The minimum absolute atomic E-state index is 0.0710. The number of rotatable bonds is 10. The second-order valence-corrected chi connectivity index (χ2v) is 9.42. The number of ether oxygens (including phenoxy) is 1. The van der Waals surface area contributed by atoms with Crippen LogP contribution >= 0.6 is 0 Å². The van der Waals surface area contributed by atoms with Gasteiger partial charge in [-0.25, -0.2) is 4.98 Å². The molecule has 0 bridgehead atoms. The zero-order chi connectivity index (χ0) is 24.8. The molecular weight excluding hydrogens is 434 g/mol. The Morgan fingerprint density at radius 2 is 1.77 bits per heavy atom. The monoisotopic (exact) mass is 469 g/mol. The lowest BCUT2D eigenvalue weighted by Crippen LogP contribution is -2.25. The molecule has 5 heteroatoms. The third kappa shape index (κ3) is 5.91. The predicted octanol–water partition coefficient (Wildman–Crippen LogP) is 6.57. The molecule has 0 atom stereocenters. The van der Waals surface area contributed by atoms with E-state index in [9.17, 15) is 4.79 Å². The number of aryl methyl sites for hydroxylation is 3. The van der Waals surface area contributed by atoms with E-state index in [-0.39, 0.29) is 5.91 Å². The molecule has 0 aliphatic heterocycles. The summed E-state index contributed by atoms with van der Waals surface area (Å²) in [6, 6.07) is 22.3. The summed E-state index contributed by atoms with van der Waals surface area (Å²) in [4.78, 5) is 17.6. The van der Waals surface area contributed by atoms with Gasteiger partial charge in [-0.05, 0) is 68.0 Å². The van der Waals surface area contributed by atoms with E-state index in [1.807, 2.05) is 56.3 Å². The van der Waals surface area contributed by atoms with Crippen molar-refractivity contribution < 1.29 is 9.53 Å². The molecule has 1 N–H and O–H groups in total. The lowest BCUT2D eigenvalue weighted by molar-refractivity contribution is 0.0949. The highest BCUT2D eigenvalue weighted by Crippen LogP contribution is 2.26. The number of para-hydroxylation sites is 3. The van der Waals surface area contributed by atoms with E-state index in [4.69, 9.17) is 9.72 Å². The van der Waals surface area contributed by atoms with Crippen molar-refractivity contribution in [1.82, 2.24) is 14.9 Å². The molecular formula is C30H35N3O2. The smallest absolute Gasteiger partial charge is 0.251 e. The van der Waals surface area contributed by atoms with Crippen molar-refractivity contribution in [2.45, 2.75) is 59.5 Å². The fourth-order valence-electron chi connectivity index (χ4n) is 4.48. The maximum atomic E-state index is 12.8. The summed E-state index contributed by atoms with van der Waals surface area (Å²) in [6.07, 6.45) is 1.90. The minimum Gasteiger partial charge on any atom is -0.493 e. The van der Waals surface area contributed by atoms with E-state index >= 15 is 0 Å². The Morgan fingerprint density at radius 1 is 1.00 bits per heavy atom. The zero-order valence-electron chi connectivity index (χ0n) is 21.2. The van der Waals surface area contributed by atoms with E-state index in [0.717, 1.165) is 53.1 Å². The van der Waals surface area contributed by atoms with Gasteiger partial charge < -0.3 is 14.6 Å². The number of carbonyl (C=O) groups is 1. The molecule has 4 aromatic rings. The Bertz CT molecular complexity index is 1310. The van der Waals surface area contributed by atoms with E-state index in [1.165, 1.54) is 5.56 Å². The molecule has 0 radical (unpaired) electrons. The number of aromatic nitrogens is 2. The maximum Gasteiger partial charge on any atom is 0.251 e. The average molecular weight is 470 g/mol. The lowest BCUT2D eigenvalue weighted by Gasteiger charge is -2.14. The molecule has 0 spiro atoms. The van der Waals surface area contributed by atoms with E-state index in [0.29, 0.717) is 24.6 Å². The topological polar surface area (TPSA) is 56.2 Å². The molecule has 3 aromatic carbocycles. The molecule has 4 rings (SSSR count). The summed E-state index contributed by atoms with van der Waals surface area (Å²) < 4.78 is 8.32. The van der Waals surface area contributed by atoms with E-state index in [1.54, 1.807) is 0 Å². The number of amides is 1. The second kappa shape index (κ2) is 11.2. The maximum absolute atomic E-state index is 12.8. The van der Waals surface area contributed by atoms with Crippen LogP contribution in [-0.4, -0.2) is 22.1 Å². The molecule has 0 aliphatic carbocycles. The van der Waals surface area contributed by atoms with Gasteiger partial charge in [0, 0.05) is 12.1 Å². The SMILES string of the molecule is Cc1ccc(C(=O)NCc2nc3ccccc3n2CCCCOc2ccccc2C(C)C)c(C)c1. The third-order valence-electron chi connectivity index (χ3n) is 6.34.